The van der Waals surface area contributed by atoms with Crippen molar-refractivity contribution in [3.05, 3.63) is 46.1 Å². The van der Waals surface area contributed by atoms with Crippen molar-refractivity contribution in [2.24, 2.45) is 0 Å². The van der Waals surface area contributed by atoms with E-state index in [1.54, 1.807) is 5.32 Å². The second-order valence-electron chi connectivity index (χ2n) is 4.86. The summed E-state index contributed by atoms with van der Waals surface area (Å²) in [7, 11) is 0. The van der Waals surface area contributed by atoms with Gasteiger partial charge in [-0.3, -0.25) is 4.79 Å². The highest BCUT2D eigenvalue weighted by molar-refractivity contribution is 6.30. The van der Waals surface area contributed by atoms with Gasteiger partial charge in [0, 0.05) is 17.4 Å². The molecule has 0 spiro atoms. The highest BCUT2D eigenvalue weighted by Gasteiger charge is 2.45. The second kappa shape index (κ2) is 6.62. The highest BCUT2D eigenvalue weighted by atomic mass is 35.5. The zero-order valence-electron chi connectivity index (χ0n) is 12.0. The van der Waals surface area contributed by atoms with Crippen molar-refractivity contribution in [3.63, 3.8) is 0 Å². The molecule has 0 radical (unpaired) electrons. The van der Waals surface area contributed by atoms with Crippen molar-refractivity contribution in [2.75, 3.05) is 6.61 Å². The molecule has 4 nitrogen and oxygen atoms in total. The minimum absolute atomic E-state index is 0.0746. The molecule has 1 heterocycles. The third-order valence-corrected chi connectivity index (χ3v) is 3.57. The van der Waals surface area contributed by atoms with Crippen LogP contribution in [0.25, 0.3) is 0 Å². The third kappa shape index (κ3) is 3.85. The molecule has 1 atom stereocenters. The molecule has 1 aromatic carbocycles. The number of nitrogens with one attached hydrogen (secondary N) is 1. The number of halogens is 4. The van der Waals surface area contributed by atoms with E-state index in [9.17, 15) is 22.8 Å². The van der Waals surface area contributed by atoms with E-state index in [4.69, 9.17) is 16.3 Å². The lowest BCUT2D eigenvalue weighted by atomic mass is 9.84. The molecule has 2 rings (SSSR count). The summed E-state index contributed by atoms with van der Waals surface area (Å²) in [5.74, 6) is -2.96. The molecule has 124 valence electrons. The van der Waals surface area contributed by atoms with Gasteiger partial charge in [0.05, 0.1) is 12.2 Å². The van der Waals surface area contributed by atoms with Crippen LogP contribution in [0, 0.1) is 0 Å². The van der Waals surface area contributed by atoms with Gasteiger partial charge < -0.3 is 10.1 Å². The Labute approximate surface area is 135 Å². The van der Waals surface area contributed by atoms with Gasteiger partial charge in [0.25, 0.3) is 0 Å². The molecule has 1 amide bonds. The number of benzene rings is 1. The van der Waals surface area contributed by atoms with Gasteiger partial charge in [-0.15, -0.1) is 0 Å². The van der Waals surface area contributed by atoms with Crippen LogP contribution in [0.1, 0.15) is 24.8 Å². The van der Waals surface area contributed by atoms with Crippen molar-refractivity contribution in [1.29, 1.82) is 0 Å². The summed E-state index contributed by atoms with van der Waals surface area (Å²) in [5, 5.41) is 2.14. The van der Waals surface area contributed by atoms with Gasteiger partial charge in [-0.2, -0.15) is 13.2 Å². The summed E-state index contributed by atoms with van der Waals surface area (Å²) in [6.45, 7) is 1.42. The Balaban J connectivity index is 2.59. The molecule has 0 unspecified atom stereocenters. The molecule has 8 heteroatoms. The topological polar surface area (TPSA) is 55.4 Å². The van der Waals surface area contributed by atoms with E-state index in [1.165, 1.54) is 31.2 Å². The van der Waals surface area contributed by atoms with Crippen molar-refractivity contribution in [2.45, 2.75) is 25.4 Å². The lowest BCUT2D eigenvalue weighted by Gasteiger charge is -2.28. The number of amides is 1. The van der Waals surface area contributed by atoms with Gasteiger partial charge in [-0.25, -0.2) is 4.79 Å². The van der Waals surface area contributed by atoms with Crippen molar-refractivity contribution in [3.8, 4) is 0 Å². The van der Waals surface area contributed by atoms with Crippen LogP contribution in [0.3, 0.4) is 0 Å². The molecule has 1 aliphatic rings. The van der Waals surface area contributed by atoms with E-state index in [0.717, 1.165) is 0 Å². The number of hydrogen-bond acceptors (Lipinski definition) is 3. The first kappa shape index (κ1) is 17.3. The average Bonchev–Trinajstić information content (AvgIpc) is 2.46. The van der Waals surface area contributed by atoms with E-state index < -0.39 is 35.2 Å². The first-order chi connectivity index (χ1) is 10.7. The average molecular weight is 348 g/mol. The predicted octanol–water partition coefficient (Wildman–Crippen LogP) is 3.32. The summed E-state index contributed by atoms with van der Waals surface area (Å²) >= 11 is 5.77. The molecular weight excluding hydrogens is 335 g/mol. The van der Waals surface area contributed by atoms with Crippen molar-refractivity contribution < 1.29 is 27.5 Å². The molecule has 0 fully saturated rings. The third-order valence-electron chi connectivity index (χ3n) is 3.32. The van der Waals surface area contributed by atoms with Crippen LogP contribution in [0.2, 0.25) is 5.02 Å². The van der Waals surface area contributed by atoms with Gasteiger partial charge in [-0.05, 0) is 24.6 Å². The molecular formula is C15H13ClF3NO3. The Bertz CT molecular complexity index is 653. The summed E-state index contributed by atoms with van der Waals surface area (Å²) in [5.41, 5.74) is -1.58. The van der Waals surface area contributed by atoms with Crippen molar-refractivity contribution >= 4 is 23.5 Å². The number of rotatable bonds is 3. The molecule has 0 aromatic heterocycles. The number of alkyl halides is 3. The molecule has 0 saturated carbocycles. The van der Waals surface area contributed by atoms with Crippen LogP contribution in [0.15, 0.2) is 35.5 Å². The van der Waals surface area contributed by atoms with E-state index >= 15 is 0 Å². The molecule has 0 aliphatic carbocycles. The Hall–Kier alpha value is -2.02. The Morgan fingerprint density at radius 2 is 1.96 bits per heavy atom. The number of carbonyl (C=O) groups is 2. The lowest BCUT2D eigenvalue weighted by molar-refractivity contribution is -0.142. The van der Waals surface area contributed by atoms with E-state index in [-0.39, 0.29) is 13.0 Å². The van der Waals surface area contributed by atoms with Gasteiger partial charge in [0.15, 0.2) is 0 Å². The van der Waals surface area contributed by atoms with Gasteiger partial charge >= 0.3 is 12.1 Å². The van der Waals surface area contributed by atoms with Gasteiger partial charge in [0.1, 0.15) is 5.70 Å². The Morgan fingerprint density at radius 1 is 1.35 bits per heavy atom. The zero-order valence-corrected chi connectivity index (χ0v) is 12.8. The SMILES string of the molecule is CCOC(=O)C1=C(C(F)(F)F)NC(=O)C[C@@H]1c1ccc(Cl)cc1. The van der Waals surface area contributed by atoms with E-state index in [0.29, 0.717) is 10.6 Å². The fraction of sp³-hybridized carbons (Fsp3) is 0.333. The second-order valence-corrected chi connectivity index (χ2v) is 5.30. The van der Waals surface area contributed by atoms with Crippen LogP contribution in [0.5, 0.6) is 0 Å². The normalized spacial score (nSPS) is 18.7. The van der Waals surface area contributed by atoms with Crippen molar-refractivity contribution in [1.82, 2.24) is 5.32 Å². The first-order valence-corrected chi connectivity index (χ1v) is 7.15. The van der Waals surface area contributed by atoms with Crippen LogP contribution in [-0.4, -0.2) is 24.7 Å². The monoisotopic (exact) mass is 347 g/mol. The first-order valence-electron chi connectivity index (χ1n) is 6.77. The van der Waals surface area contributed by atoms with E-state index in [2.05, 4.69) is 0 Å². The van der Waals surface area contributed by atoms with Crippen LogP contribution < -0.4 is 5.32 Å². The molecule has 23 heavy (non-hydrogen) atoms. The molecule has 0 bridgehead atoms. The van der Waals surface area contributed by atoms with Crippen LogP contribution in [-0.2, 0) is 14.3 Å². The number of esters is 1. The molecule has 0 saturated heterocycles. The van der Waals surface area contributed by atoms with Crippen LogP contribution in [0.4, 0.5) is 13.2 Å². The highest BCUT2D eigenvalue weighted by Crippen LogP contribution is 2.39. The van der Waals surface area contributed by atoms with E-state index in [1.807, 2.05) is 0 Å². The Morgan fingerprint density at radius 3 is 2.48 bits per heavy atom. The lowest BCUT2D eigenvalue weighted by Crippen LogP contribution is -2.41. The maximum absolute atomic E-state index is 13.2. The van der Waals surface area contributed by atoms with Crippen LogP contribution >= 0.6 is 11.6 Å². The summed E-state index contributed by atoms with van der Waals surface area (Å²) < 4.78 is 44.4. The summed E-state index contributed by atoms with van der Waals surface area (Å²) in [6, 6.07) is 5.94. The molecule has 1 aliphatic heterocycles. The summed E-state index contributed by atoms with van der Waals surface area (Å²) in [6.07, 6.45) is -5.15. The molecule has 1 N–H and O–H groups in total. The number of carbonyl (C=O) groups excluding carboxylic acids is 2. The standard InChI is InChI=1S/C15H13ClF3NO3/c1-2-23-14(22)12-10(8-3-5-9(16)6-4-8)7-11(21)20-13(12)15(17,18)19/h3-6,10H,2,7H2,1H3,(H,20,21)/t10-/m1/s1. The molecule has 1 aromatic rings. The maximum atomic E-state index is 13.2. The van der Waals surface area contributed by atoms with Gasteiger partial charge in [0.2, 0.25) is 5.91 Å². The number of allylic oxidation sites excluding steroid dienone is 1. The van der Waals surface area contributed by atoms with Gasteiger partial charge in [-0.1, -0.05) is 23.7 Å². The predicted molar refractivity (Wildman–Crippen MR) is 76.7 cm³/mol. The smallest absolute Gasteiger partial charge is 0.431 e. The number of ether oxygens (including phenoxy) is 1. The zero-order chi connectivity index (χ0) is 17.2. The number of hydrogen-bond donors (Lipinski definition) is 1. The largest absolute Gasteiger partial charge is 0.463 e. The minimum atomic E-state index is -4.87. The summed E-state index contributed by atoms with van der Waals surface area (Å²) in [4.78, 5) is 23.7. The fourth-order valence-corrected chi connectivity index (χ4v) is 2.50. The quantitative estimate of drug-likeness (QED) is 0.853. The maximum Gasteiger partial charge on any atom is 0.431 e. The Kier molecular flexibility index (Phi) is 4.99. The minimum Gasteiger partial charge on any atom is -0.463 e. The fourth-order valence-electron chi connectivity index (χ4n) is 2.38.